The maximum Gasteiger partial charge on any atom is 0.312 e. The second-order valence-electron chi connectivity index (χ2n) is 4.75. The fraction of sp³-hybridized carbons (Fsp3) is 0.500. The fourth-order valence-corrected chi connectivity index (χ4v) is 3.69. The summed E-state index contributed by atoms with van der Waals surface area (Å²) < 4.78 is 26.3. The van der Waals surface area contributed by atoms with Crippen LogP contribution in [-0.2, 0) is 10.0 Å². The molecule has 0 spiro atoms. The normalized spacial score (nSPS) is 17.8. The molecule has 1 N–H and O–H groups in total. The average molecular weight is 315 g/mol. The molecule has 1 aliphatic rings. The third kappa shape index (κ3) is 3.14. The van der Waals surface area contributed by atoms with E-state index in [9.17, 15) is 23.6 Å². The van der Waals surface area contributed by atoms with Crippen molar-refractivity contribution in [2.24, 2.45) is 0 Å². The Hall–Kier alpha value is -1.71. The first-order valence-electron chi connectivity index (χ1n) is 6.56. The highest BCUT2D eigenvalue weighted by molar-refractivity contribution is 7.89. The van der Waals surface area contributed by atoms with Gasteiger partial charge in [0, 0.05) is 32.2 Å². The van der Waals surface area contributed by atoms with Gasteiger partial charge in [0.2, 0.25) is 10.0 Å². The van der Waals surface area contributed by atoms with Crippen LogP contribution in [-0.4, -0.2) is 60.4 Å². The van der Waals surface area contributed by atoms with Gasteiger partial charge in [-0.25, -0.2) is 8.42 Å². The van der Waals surface area contributed by atoms with Crippen LogP contribution in [0, 0.1) is 10.1 Å². The van der Waals surface area contributed by atoms with E-state index in [-0.39, 0.29) is 4.90 Å². The number of hydrogen-bond acceptors (Lipinski definition) is 6. The van der Waals surface area contributed by atoms with Gasteiger partial charge in [0.25, 0.3) is 0 Å². The number of phenolic OH excluding ortho intramolecular Hbond substituents is 1. The minimum atomic E-state index is -3.78. The SMILES string of the molecule is CCN1CCN(S(=O)(=O)c2ccc(O)c([N+](=O)[O-])c2)CC1. The number of sulfonamides is 1. The van der Waals surface area contributed by atoms with Gasteiger partial charge in [0.15, 0.2) is 5.75 Å². The van der Waals surface area contributed by atoms with E-state index < -0.39 is 26.4 Å². The van der Waals surface area contributed by atoms with E-state index in [4.69, 9.17) is 0 Å². The van der Waals surface area contributed by atoms with Crippen LogP contribution < -0.4 is 0 Å². The van der Waals surface area contributed by atoms with Crippen LogP contribution in [0.25, 0.3) is 0 Å². The second-order valence-corrected chi connectivity index (χ2v) is 6.68. The number of aromatic hydroxyl groups is 1. The van der Waals surface area contributed by atoms with Crippen LogP contribution in [0.3, 0.4) is 0 Å². The highest BCUT2D eigenvalue weighted by Crippen LogP contribution is 2.29. The molecule has 0 aliphatic carbocycles. The minimum absolute atomic E-state index is 0.169. The summed E-state index contributed by atoms with van der Waals surface area (Å²) >= 11 is 0. The van der Waals surface area contributed by atoms with Crippen molar-refractivity contribution in [2.45, 2.75) is 11.8 Å². The first kappa shape index (κ1) is 15.7. The van der Waals surface area contributed by atoms with Gasteiger partial charge in [-0.15, -0.1) is 0 Å². The van der Waals surface area contributed by atoms with Gasteiger partial charge in [-0.1, -0.05) is 6.92 Å². The molecular weight excluding hydrogens is 298 g/mol. The minimum Gasteiger partial charge on any atom is -0.502 e. The Bertz CT molecular complexity index is 638. The first-order valence-corrected chi connectivity index (χ1v) is 8.00. The van der Waals surface area contributed by atoms with E-state index in [1.807, 2.05) is 6.92 Å². The molecule has 0 bridgehead atoms. The number of rotatable bonds is 4. The number of likely N-dealkylation sites (N-methyl/N-ethyl adjacent to an activating group) is 1. The number of piperazine rings is 1. The van der Waals surface area contributed by atoms with Crippen molar-refractivity contribution in [1.29, 1.82) is 0 Å². The van der Waals surface area contributed by atoms with Gasteiger partial charge in [0.05, 0.1) is 9.82 Å². The van der Waals surface area contributed by atoms with Crippen LogP contribution >= 0.6 is 0 Å². The van der Waals surface area contributed by atoms with E-state index in [0.29, 0.717) is 26.2 Å². The molecule has 0 aromatic heterocycles. The van der Waals surface area contributed by atoms with E-state index in [2.05, 4.69) is 4.90 Å². The molecule has 1 aromatic carbocycles. The molecule has 2 rings (SSSR count). The van der Waals surface area contributed by atoms with Gasteiger partial charge in [-0.3, -0.25) is 10.1 Å². The Balaban J connectivity index is 2.28. The molecule has 9 heteroatoms. The number of hydrogen-bond donors (Lipinski definition) is 1. The summed E-state index contributed by atoms with van der Waals surface area (Å²) in [7, 11) is -3.78. The lowest BCUT2D eigenvalue weighted by Gasteiger charge is -2.33. The zero-order valence-electron chi connectivity index (χ0n) is 11.6. The van der Waals surface area contributed by atoms with E-state index in [1.54, 1.807) is 0 Å². The average Bonchev–Trinajstić information content (AvgIpc) is 2.47. The Kier molecular flexibility index (Phi) is 4.45. The van der Waals surface area contributed by atoms with Crippen LogP contribution in [0.4, 0.5) is 5.69 Å². The van der Waals surface area contributed by atoms with E-state index in [0.717, 1.165) is 18.7 Å². The number of nitrogens with zero attached hydrogens (tertiary/aromatic N) is 3. The lowest BCUT2D eigenvalue weighted by Crippen LogP contribution is -2.48. The van der Waals surface area contributed by atoms with Gasteiger partial charge < -0.3 is 10.0 Å². The highest BCUT2D eigenvalue weighted by Gasteiger charge is 2.29. The van der Waals surface area contributed by atoms with Crippen molar-refractivity contribution >= 4 is 15.7 Å². The van der Waals surface area contributed by atoms with Gasteiger partial charge in [-0.2, -0.15) is 4.31 Å². The summed E-state index contributed by atoms with van der Waals surface area (Å²) in [6.07, 6.45) is 0. The summed E-state index contributed by atoms with van der Waals surface area (Å²) in [5.74, 6) is -0.547. The number of nitro benzene ring substituents is 1. The maximum atomic E-state index is 12.5. The Labute approximate surface area is 122 Å². The quantitative estimate of drug-likeness (QED) is 0.645. The molecule has 21 heavy (non-hydrogen) atoms. The predicted molar refractivity (Wildman–Crippen MR) is 75.6 cm³/mol. The van der Waals surface area contributed by atoms with Crippen molar-refractivity contribution in [1.82, 2.24) is 9.21 Å². The van der Waals surface area contributed by atoms with E-state index in [1.165, 1.54) is 10.4 Å². The van der Waals surface area contributed by atoms with Crippen molar-refractivity contribution < 1.29 is 18.4 Å². The molecule has 0 amide bonds. The van der Waals surface area contributed by atoms with Crippen molar-refractivity contribution in [2.75, 3.05) is 32.7 Å². The standard InChI is InChI=1S/C12H17N3O5S/c1-2-13-5-7-14(8-6-13)21(19,20)10-3-4-12(16)11(9-10)15(17)18/h3-4,9,16H,2,5-8H2,1H3. The van der Waals surface area contributed by atoms with Crippen molar-refractivity contribution in [3.63, 3.8) is 0 Å². The Morgan fingerprint density at radius 3 is 2.43 bits per heavy atom. The zero-order chi connectivity index (χ0) is 15.6. The molecule has 0 atom stereocenters. The first-order chi connectivity index (χ1) is 9.86. The van der Waals surface area contributed by atoms with Gasteiger partial charge in [0.1, 0.15) is 0 Å². The lowest BCUT2D eigenvalue weighted by atomic mass is 10.3. The highest BCUT2D eigenvalue weighted by atomic mass is 32.2. The number of nitro groups is 1. The summed E-state index contributed by atoms with van der Waals surface area (Å²) in [5, 5.41) is 20.2. The molecule has 0 radical (unpaired) electrons. The molecule has 1 heterocycles. The Morgan fingerprint density at radius 2 is 1.90 bits per heavy atom. The topological polar surface area (TPSA) is 104 Å². The van der Waals surface area contributed by atoms with Crippen LogP contribution in [0.5, 0.6) is 5.75 Å². The molecule has 8 nitrogen and oxygen atoms in total. The predicted octanol–water partition coefficient (Wildman–Crippen LogP) is 0.627. The molecular formula is C12H17N3O5S. The summed E-state index contributed by atoms with van der Waals surface area (Å²) in [6.45, 7) is 4.84. The fourth-order valence-electron chi connectivity index (χ4n) is 2.25. The third-order valence-corrected chi connectivity index (χ3v) is 5.45. The Morgan fingerprint density at radius 1 is 1.29 bits per heavy atom. The summed E-state index contributed by atoms with van der Waals surface area (Å²) in [4.78, 5) is 11.9. The number of benzene rings is 1. The second kappa shape index (κ2) is 5.96. The lowest BCUT2D eigenvalue weighted by molar-refractivity contribution is -0.386. The zero-order valence-corrected chi connectivity index (χ0v) is 12.4. The summed E-state index contributed by atoms with van der Waals surface area (Å²) in [5.41, 5.74) is -0.608. The molecule has 1 fully saturated rings. The van der Waals surface area contributed by atoms with Crippen molar-refractivity contribution in [3.05, 3.63) is 28.3 Å². The number of phenols is 1. The largest absolute Gasteiger partial charge is 0.502 e. The smallest absolute Gasteiger partial charge is 0.312 e. The summed E-state index contributed by atoms with van der Waals surface area (Å²) in [6, 6.07) is 3.12. The van der Waals surface area contributed by atoms with Gasteiger partial charge in [-0.05, 0) is 18.7 Å². The molecule has 1 aromatic rings. The molecule has 1 aliphatic heterocycles. The van der Waals surface area contributed by atoms with Crippen LogP contribution in [0.2, 0.25) is 0 Å². The van der Waals surface area contributed by atoms with E-state index >= 15 is 0 Å². The van der Waals surface area contributed by atoms with Crippen molar-refractivity contribution in [3.8, 4) is 5.75 Å². The molecule has 0 unspecified atom stereocenters. The van der Waals surface area contributed by atoms with Gasteiger partial charge >= 0.3 is 5.69 Å². The maximum absolute atomic E-state index is 12.5. The van der Waals surface area contributed by atoms with Crippen LogP contribution in [0.1, 0.15) is 6.92 Å². The molecule has 0 saturated carbocycles. The third-order valence-electron chi connectivity index (χ3n) is 3.56. The molecule has 116 valence electrons. The molecule has 1 saturated heterocycles. The van der Waals surface area contributed by atoms with Crippen LogP contribution in [0.15, 0.2) is 23.1 Å². The monoisotopic (exact) mass is 315 g/mol.